The number of anilines is 1. The van der Waals surface area contributed by atoms with Crippen molar-refractivity contribution in [2.24, 2.45) is 0 Å². The van der Waals surface area contributed by atoms with Crippen molar-refractivity contribution in [1.82, 2.24) is 20.0 Å². The molecule has 9 nitrogen and oxygen atoms in total. The molecule has 1 aromatic carbocycles. The van der Waals surface area contributed by atoms with Crippen molar-refractivity contribution in [1.29, 1.82) is 0 Å². The molecule has 4 aromatic rings. The van der Waals surface area contributed by atoms with Crippen LogP contribution in [0.15, 0.2) is 63.6 Å². The highest BCUT2D eigenvalue weighted by atomic mass is 32.2. The SMILES string of the molecule is CCOC(=O)CSc1nnc(NC(=O)c2cc(-c3ccco3)nn2-c2ccccc2)s1. The second kappa shape index (κ2) is 9.58. The number of esters is 1. The van der Waals surface area contributed by atoms with Gasteiger partial charge in [0.25, 0.3) is 5.91 Å². The maximum Gasteiger partial charge on any atom is 0.316 e. The van der Waals surface area contributed by atoms with Gasteiger partial charge in [-0.1, -0.05) is 41.3 Å². The normalized spacial score (nSPS) is 10.7. The summed E-state index contributed by atoms with van der Waals surface area (Å²) in [6, 6.07) is 14.5. The molecule has 0 saturated heterocycles. The van der Waals surface area contributed by atoms with E-state index >= 15 is 0 Å². The van der Waals surface area contributed by atoms with Crippen LogP contribution in [0.3, 0.4) is 0 Å². The van der Waals surface area contributed by atoms with Crippen molar-refractivity contribution < 1.29 is 18.7 Å². The number of ether oxygens (including phenoxy) is 1. The molecule has 0 atom stereocenters. The molecule has 0 aliphatic rings. The number of thioether (sulfide) groups is 1. The number of benzene rings is 1. The maximum atomic E-state index is 13.0. The van der Waals surface area contributed by atoms with Crippen LogP contribution in [0.1, 0.15) is 17.4 Å². The van der Waals surface area contributed by atoms with Crippen molar-refractivity contribution in [3.05, 3.63) is 60.5 Å². The molecule has 0 saturated carbocycles. The van der Waals surface area contributed by atoms with Crippen molar-refractivity contribution in [3.8, 4) is 17.1 Å². The van der Waals surface area contributed by atoms with Crippen molar-refractivity contribution in [2.75, 3.05) is 17.7 Å². The van der Waals surface area contributed by atoms with Gasteiger partial charge in [-0.25, -0.2) is 4.68 Å². The summed E-state index contributed by atoms with van der Waals surface area (Å²) in [4.78, 5) is 24.5. The number of carbonyl (C=O) groups is 2. The fraction of sp³-hybridized carbons (Fsp3) is 0.150. The molecular weight excluding hydrogens is 438 g/mol. The van der Waals surface area contributed by atoms with Crippen LogP contribution in [0.4, 0.5) is 5.13 Å². The van der Waals surface area contributed by atoms with Gasteiger partial charge in [0.2, 0.25) is 5.13 Å². The summed E-state index contributed by atoms with van der Waals surface area (Å²) in [5.41, 5.74) is 1.57. The van der Waals surface area contributed by atoms with Crippen LogP contribution >= 0.6 is 23.1 Å². The zero-order valence-corrected chi connectivity index (χ0v) is 18.0. The van der Waals surface area contributed by atoms with Gasteiger partial charge in [0, 0.05) is 6.07 Å². The molecule has 31 heavy (non-hydrogen) atoms. The Bertz CT molecular complexity index is 1170. The molecule has 158 valence electrons. The van der Waals surface area contributed by atoms with Gasteiger partial charge in [0.1, 0.15) is 11.4 Å². The van der Waals surface area contributed by atoms with E-state index in [9.17, 15) is 9.59 Å². The van der Waals surface area contributed by atoms with Crippen molar-refractivity contribution >= 4 is 40.1 Å². The van der Waals surface area contributed by atoms with Gasteiger partial charge < -0.3 is 9.15 Å². The largest absolute Gasteiger partial charge is 0.465 e. The summed E-state index contributed by atoms with van der Waals surface area (Å²) in [7, 11) is 0. The molecule has 1 N–H and O–H groups in total. The molecule has 4 rings (SSSR count). The Hall–Kier alpha value is -3.44. The van der Waals surface area contributed by atoms with E-state index in [-0.39, 0.29) is 11.7 Å². The van der Waals surface area contributed by atoms with Gasteiger partial charge >= 0.3 is 5.97 Å². The highest BCUT2D eigenvalue weighted by Crippen LogP contribution is 2.27. The summed E-state index contributed by atoms with van der Waals surface area (Å²) >= 11 is 2.38. The minimum absolute atomic E-state index is 0.129. The number of para-hydroxylation sites is 1. The standard InChI is InChI=1S/C20H17N5O4S2/c1-2-28-17(26)12-30-20-23-22-19(31-20)21-18(27)15-11-14(16-9-6-10-29-16)24-25(15)13-7-4-3-5-8-13/h3-11H,2,12H2,1H3,(H,21,22,27). The van der Waals surface area contributed by atoms with Crippen LogP contribution in [0, 0.1) is 0 Å². The monoisotopic (exact) mass is 455 g/mol. The minimum atomic E-state index is -0.396. The first-order valence-corrected chi connectivity index (χ1v) is 11.1. The zero-order valence-electron chi connectivity index (χ0n) is 16.3. The summed E-state index contributed by atoms with van der Waals surface area (Å²) in [6.45, 7) is 2.07. The first-order valence-electron chi connectivity index (χ1n) is 9.26. The second-order valence-corrected chi connectivity index (χ2v) is 8.26. The molecule has 0 bridgehead atoms. The first kappa shape index (κ1) is 20.8. The van der Waals surface area contributed by atoms with Gasteiger partial charge in [-0.05, 0) is 31.2 Å². The van der Waals surface area contributed by atoms with E-state index in [4.69, 9.17) is 9.15 Å². The van der Waals surface area contributed by atoms with Gasteiger partial charge in [-0.3, -0.25) is 14.9 Å². The molecule has 0 radical (unpaired) electrons. The number of nitrogens with one attached hydrogen (secondary N) is 1. The lowest BCUT2D eigenvalue weighted by Crippen LogP contribution is -2.16. The van der Waals surface area contributed by atoms with E-state index in [0.717, 1.165) is 5.69 Å². The number of hydrogen-bond donors (Lipinski definition) is 1. The topological polar surface area (TPSA) is 112 Å². The zero-order chi connectivity index (χ0) is 21.6. The molecule has 3 aromatic heterocycles. The molecule has 0 fully saturated rings. The fourth-order valence-corrected chi connectivity index (χ4v) is 4.20. The number of nitrogens with zero attached hydrogens (tertiary/aromatic N) is 4. The summed E-state index contributed by atoms with van der Waals surface area (Å²) in [5.74, 6) is -0.0426. The molecule has 3 heterocycles. The van der Waals surface area contributed by atoms with Crippen LogP contribution in [0.2, 0.25) is 0 Å². The van der Waals surface area contributed by atoms with E-state index in [2.05, 4.69) is 20.6 Å². The van der Waals surface area contributed by atoms with E-state index in [1.165, 1.54) is 23.1 Å². The summed E-state index contributed by atoms with van der Waals surface area (Å²) < 4.78 is 12.4. The van der Waals surface area contributed by atoms with E-state index in [1.807, 2.05) is 30.3 Å². The Morgan fingerprint density at radius 1 is 1.19 bits per heavy atom. The lowest BCUT2D eigenvalue weighted by molar-refractivity contribution is -0.139. The number of aromatic nitrogens is 4. The van der Waals surface area contributed by atoms with Crippen LogP contribution < -0.4 is 5.32 Å². The Balaban J connectivity index is 1.54. The predicted octanol–water partition coefficient (Wildman–Crippen LogP) is 3.89. The van der Waals surface area contributed by atoms with Gasteiger partial charge in [0.05, 0.1) is 24.3 Å². The average Bonchev–Trinajstić information content (AvgIpc) is 3.53. The van der Waals surface area contributed by atoms with Crippen LogP contribution in [0.5, 0.6) is 0 Å². The minimum Gasteiger partial charge on any atom is -0.465 e. The first-order chi connectivity index (χ1) is 15.1. The molecule has 0 aliphatic carbocycles. The van der Waals surface area contributed by atoms with Crippen molar-refractivity contribution in [3.63, 3.8) is 0 Å². The van der Waals surface area contributed by atoms with E-state index in [0.29, 0.717) is 33.2 Å². The Kier molecular flexibility index (Phi) is 6.43. The van der Waals surface area contributed by atoms with Gasteiger partial charge in [-0.2, -0.15) is 5.10 Å². The number of furan rings is 1. The van der Waals surface area contributed by atoms with Crippen LogP contribution in [-0.4, -0.2) is 44.2 Å². The molecule has 0 unspecified atom stereocenters. The van der Waals surface area contributed by atoms with Crippen LogP contribution in [0.25, 0.3) is 17.1 Å². The molecular formula is C20H17N5O4S2. The van der Waals surface area contributed by atoms with Crippen molar-refractivity contribution in [2.45, 2.75) is 11.3 Å². The third kappa shape index (κ3) is 5.01. The van der Waals surface area contributed by atoms with Crippen LogP contribution in [-0.2, 0) is 9.53 Å². The smallest absolute Gasteiger partial charge is 0.316 e. The average molecular weight is 456 g/mol. The number of carbonyl (C=O) groups excluding carboxylic acids is 2. The quantitative estimate of drug-likeness (QED) is 0.242. The second-order valence-electron chi connectivity index (χ2n) is 6.06. The Morgan fingerprint density at radius 2 is 2.03 bits per heavy atom. The van der Waals surface area contributed by atoms with Gasteiger partial charge in [-0.15, -0.1) is 10.2 Å². The fourth-order valence-electron chi connectivity index (χ4n) is 2.66. The number of hydrogen-bond acceptors (Lipinski definition) is 9. The van der Waals surface area contributed by atoms with E-state index < -0.39 is 5.91 Å². The lowest BCUT2D eigenvalue weighted by atomic mass is 10.2. The lowest BCUT2D eigenvalue weighted by Gasteiger charge is -2.06. The van der Waals surface area contributed by atoms with E-state index in [1.54, 1.807) is 36.1 Å². The molecule has 11 heteroatoms. The maximum absolute atomic E-state index is 13.0. The summed E-state index contributed by atoms with van der Waals surface area (Å²) in [6.07, 6.45) is 1.55. The molecule has 0 aliphatic heterocycles. The number of amides is 1. The number of rotatable bonds is 8. The third-order valence-corrected chi connectivity index (χ3v) is 5.91. The summed E-state index contributed by atoms with van der Waals surface area (Å²) in [5, 5.41) is 15.6. The highest BCUT2D eigenvalue weighted by Gasteiger charge is 2.20. The molecule has 0 spiro atoms. The third-order valence-electron chi connectivity index (χ3n) is 3.96. The van der Waals surface area contributed by atoms with Gasteiger partial charge in [0.15, 0.2) is 10.1 Å². The Labute approximate surface area is 185 Å². The Morgan fingerprint density at radius 3 is 2.77 bits per heavy atom. The molecule has 1 amide bonds. The predicted molar refractivity (Wildman–Crippen MR) is 116 cm³/mol. The highest BCUT2D eigenvalue weighted by molar-refractivity contribution is 8.01.